The van der Waals surface area contributed by atoms with Crippen LogP contribution in [0, 0.1) is 0 Å². The third-order valence-corrected chi connectivity index (χ3v) is 2.58. The van der Waals surface area contributed by atoms with Gasteiger partial charge in [-0.25, -0.2) is 0 Å². The number of benzene rings is 1. The fourth-order valence-electron chi connectivity index (χ4n) is 1.55. The second kappa shape index (κ2) is 8.28. The maximum Gasteiger partial charge on any atom is 0.0471 e. The van der Waals surface area contributed by atoms with Crippen LogP contribution in [0.15, 0.2) is 30.3 Å². The summed E-state index contributed by atoms with van der Waals surface area (Å²) in [6.45, 7) is 4.98. The van der Waals surface area contributed by atoms with Crippen LogP contribution in [-0.2, 0) is 6.42 Å². The molecule has 0 saturated carbocycles. The van der Waals surface area contributed by atoms with Gasteiger partial charge in [0.25, 0.3) is 0 Å². The van der Waals surface area contributed by atoms with Crippen molar-refractivity contribution in [3.05, 3.63) is 35.9 Å². The number of piperazine rings is 1. The second-order valence-electron chi connectivity index (χ2n) is 4.01. The normalized spacial score (nSPS) is 16.4. The molecule has 0 radical (unpaired) electrons. The smallest absolute Gasteiger partial charge is 0.0471 e. The minimum atomic E-state index is 0.240. The average Bonchev–Trinajstić information content (AvgIpc) is 2.33. The number of nitrogens with zero attached hydrogens (tertiary/aromatic N) is 1. The molecule has 0 bridgehead atoms. The van der Waals surface area contributed by atoms with Gasteiger partial charge < -0.3 is 15.3 Å². The Kier molecular flexibility index (Phi) is 6.81. The van der Waals surface area contributed by atoms with Crippen molar-refractivity contribution in [3.63, 3.8) is 0 Å². The van der Waals surface area contributed by atoms with Crippen molar-refractivity contribution in [3.8, 4) is 0 Å². The lowest BCUT2D eigenvalue weighted by atomic mass is 10.2. The van der Waals surface area contributed by atoms with Gasteiger partial charge in [0.1, 0.15) is 0 Å². The van der Waals surface area contributed by atoms with E-state index in [1.54, 1.807) is 0 Å². The fraction of sp³-hybridized carbons (Fsp3) is 0.538. The molecule has 0 spiro atoms. The van der Waals surface area contributed by atoms with Gasteiger partial charge in [0.15, 0.2) is 0 Å². The number of aliphatic hydroxyl groups is 1. The van der Waals surface area contributed by atoms with Gasteiger partial charge in [0.05, 0.1) is 0 Å². The lowest BCUT2D eigenvalue weighted by Gasteiger charge is -2.21. The van der Waals surface area contributed by atoms with Crippen LogP contribution in [0.5, 0.6) is 0 Å². The monoisotopic (exact) mass is 222 g/mol. The van der Waals surface area contributed by atoms with E-state index in [1.807, 2.05) is 30.3 Å². The molecule has 0 atom stereocenters. The van der Waals surface area contributed by atoms with Crippen LogP contribution in [0.1, 0.15) is 5.56 Å². The maximum atomic E-state index is 8.52. The summed E-state index contributed by atoms with van der Waals surface area (Å²) in [4.78, 5) is 2.33. The number of aliphatic hydroxyl groups excluding tert-OH is 1. The Morgan fingerprint density at radius 2 is 1.81 bits per heavy atom. The second-order valence-corrected chi connectivity index (χ2v) is 4.01. The number of hydrogen-bond acceptors (Lipinski definition) is 3. The van der Waals surface area contributed by atoms with E-state index in [0.717, 1.165) is 19.5 Å². The van der Waals surface area contributed by atoms with Crippen molar-refractivity contribution >= 4 is 0 Å². The zero-order valence-electron chi connectivity index (χ0n) is 10.0. The highest BCUT2D eigenvalue weighted by Gasteiger charge is 2.01. The summed E-state index contributed by atoms with van der Waals surface area (Å²) in [5.41, 5.74) is 1.19. The molecule has 3 heteroatoms. The molecule has 1 aromatic rings. The standard InChI is InChI=1S/C8H10O.C5H12N2/c9-7-6-8-4-2-1-3-5-8;1-7-4-2-6-3-5-7/h1-5,9H,6-7H2;6H,2-5H2,1H3. The van der Waals surface area contributed by atoms with Crippen LogP contribution in [0.2, 0.25) is 0 Å². The van der Waals surface area contributed by atoms with Gasteiger partial charge in [-0.15, -0.1) is 0 Å². The zero-order valence-corrected chi connectivity index (χ0v) is 10.0. The highest BCUT2D eigenvalue weighted by Crippen LogP contribution is 1.97. The lowest BCUT2D eigenvalue weighted by molar-refractivity contribution is 0.291. The predicted octanol–water partition coefficient (Wildman–Crippen LogP) is 0.743. The van der Waals surface area contributed by atoms with Gasteiger partial charge in [-0.1, -0.05) is 30.3 Å². The highest BCUT2D eigenvalue weighted by molar-refractivity contribution is 5.14. The molecular weight excluding hydrogens is 200 g/mol. The van der Waals surface area contributed by atoms with Gasteiger partial charge in [-0.2, -0.15) is 0 Å². The molecule has 1 aliphatic heterocycles. The van der Waals surface area contributed by atoms with E-state index in [1.165, 1.54) is 18.7 Å². The first kappa shape index (κ1) is 13.2. The van der Waals surface area contributed by atoms with E-state index >= 15 is 0 Å². The first-order chi connectivity index (χ1) is 7.83. The Morgan fingerprint density at radius 1 is 1.19 bits per heavy atom. The Morgan fingerprint density at radius 3 is 2.25 bits per heavy atom. The van der Waals surface area contributed by atoms with E-state index in [2.05, 4.69) is 17.3 Å². The quantitative estimate of drug-likeness (QED) is 0.775. The summed E-state index contributed by atoms with van der Waals surface area (Å²) in [5.74, 6) is 0. The number of rotatable bonds is 2. The molecule has 1 fully saturated rings. The minimum Gasteiger partial charge on any atom is -0.396 e. The average molecular weight is 222 g/mol. The van der Waals surface area contributed by atoms with Crippen molar-refractivity contribution in [2.75, 3.05) is 39.8 Å². The molecule has 1 heterocycles. The number of hydrogen-bond donors (Lipinski definition) is 2. The largest absolute Gasteiger partial charge is 0.396 e. The van der Waals surface area contributed by atoms with Gasteiger partial charge in [0.2, 0.25) is 0 Å². The van der Waals surface area contributed by atoms with Crippen LogP contribution >= 0.6 is 0 Å². The van der Waals surface area contributed by atoms with E-state index in [9.17, 15) is 0 Å². The third kappa shape index (κ3) is 5.85. The van der Waals surface area contributed by atoms with Gasteiger partial charge in [-0.05, 0) is 19.0 Å². The van der Waals surface area contributed by atoms with Crippen LogP contribution in [0.4, 0.5) is 0 Å². The van der Waals surface area contributed by atoms with Crippen molar-refractivity contribution in [1.82, 2.24) is 10.2 Å². The summed E-state index contributed by atoms with van der Waals surface area (Å²) in [7, 11) is 2.15. The van der Waals surface area contributed by atoms with Crippen molar-refractivity contribution < 1.29 is 5.11 Å². The number of likely N-dealkylation sites (N-methyl/N-ethyl adjacent to an activating group) is 1. The van der Waals surface area contributed by atoms with Crippen LogP contribution in [0.25, 0.3) is 0 Å². The Hall–Kier alpha value is -0.900. The molecule has 3 nitrogen and oxygen atoms in total. The highest BCUT2D eigenvalue weighted by atomic mass is 16.2. The summed E-state index contributed by atoms with van der Waals surface area (Å²) in [6.07, 6.45) is 0.765. The summed E-state index contributed by atoms with van der Waals surface area (Å²) >= 11 is 0. The molecule has 2 rings (SSSR count). The molecule has 16 heavy (non-hydrogen) atoms. The van der Waals surface area contributed by atoms with Gasteiger partial charge >= 0.3 is 0 Å². The molecule has 90 valence electrons. The molecular formula is C13H22N2O. The Balaban J connectivity index is 0.000000165. The van der Waals surface area contributed by atoms with E-state index < -0.39 is 0 Å². The van der Waals surface area contributed by atoms with Crippen molar-refractivity contribution in [2.45, 2.75) is 6.42 Å². The molecule has 0 aromatic heterocycles. The van der Waals surface area contributed by atoms with Crippen LogP contribution in [0.3, 0.4) is 0 Å². The zero-order chi connectivity index (χ0) is 11.6. The van der Waals surface area contributed by atoms with Crippen LogP contribution in [-0.4, -0.2) is 49.8 Å². The van der Waals surface area contributed by atoms with Crippen molar-refractivity contribution in [2.24, 2.45) is 0 Å². The van der Waals surface area contributed by atoms with Crippen LogP contribution < -0.4 is 5.32 Å². The first-order valence-corrected chi connectivity index (χ1v) is 5.87. The topological polar surface area (TPSA) is 35.5 Å². The summed E-state index contributed by atoms with van der Waals surface area (Å²) in [5, 5.41) is 11.8. The van der Waals surface area contributed by atoms with Crippen molar-refractivity contribution in [1.29, 1.82) is 0 Å². The third-order valence-electron chi connectivity index (χ3n) is 2.58. The molecule has 1 aromatic carbocycles. The molecule has 2 N–H and O–H groups in total. The molecule has 1 saturated heterocycles. The summed E-state index contributed by atoms with van der Waals surface area (Å²) in [6, 6.07) is 9.95. The molecule has 0 unspecified atom stereocenters. The molecule has 0 aliphatic carbocycles. The maximum absolute atomic E-state index is 8.52. The van der Waals surface area contributed by atoms with E-state index in [4.69, 9.17) is 5.11 Å². The first-order valence-electron chi connectivity index (χ1n) is 5.87. The summed E-state index contributed by atoms with van der Waals surface area (Å²) < 4.78 is 0. The lowest BCUT2D eigenvalue weighted by Crippen LogP contribution is -2.40. The van der Waals surface area contributed by atoms with Gasteiger partial charge in [-0.3, -0.25) is 0 Å². The SMILES string of the molecule is CN1CCNCC1.OCCc1ccccc1. The molecule has 1 aliphatic rings. The van der Waals surface area contributed by atoms with E-state index in [-0.39, 0.29) is 6.61 Å². The Bertz CT molecular complexity index is 258. The predicted molar refractivity (Wildman–Crippen MR) is 67.6 cm³/mol. The fourth-order valence-corrected chi connectivity index (χ4v) is 1.55. The minimum absolute atomic E-state index is 0.240. The van der Waals surface area contributed by atoms with Gasteiger partial charge in [0, 0.05) is 32.8 Å². The number of nitrogens with one attached hydrogen (secondary N) is 1. The molecule has 0 amide bonds. The Labute approximate surface area is 98.1 Å². The van der Waals surface area contributed by atoms with E-state index in [0.29, 0.717) is 0 Å².